The van der Waals surface area contributed by atoms with Crippen molar-refractivity contribution in [3.8, 4) is 17.0 Å². The number of ether oxygens (including phenoxy) is 1. The Morgan fingerprint density at radius 1 is 1.07 bits per heavy atom. The Morgan fingerprint density at radius 2 is 1.79 bits per heavy atom. The predicted molar refractivity (Wildman–Crippen MR) is 113 cm³/mol. The molecular formula is C23H27N3O3. The summed E-state index contributed by atoms with van der Waals surface area (Å²) in [6, 6.07) is 12.1. The Kier molecular flexibility index (Phi) is 6.32. The van der Waals surface area contributed by atoms with Crippen molar-refractivity contribution < 1.29 is 14.2 Å². The first kappa shape index (κ1) is 20.6. The molecule has 1 atom stereocenters. The van der Waals surface area contributed by atoms with E-state index in [4.69, 9.17) is 9.37 Å². The summed E-state index contributed by atoms with van der Waals surface area (Å²) in [4.78, 5) is 12.7. The monoisotopic (exact) mass is 393 g/mol. The minimum absolute atomic E-state index is 0.300. The standard InChI is InChI=1S/C23H27N3O3/c1-6-17-8-9-18(7-2)20(13-17)21-22(26-29-25-21)24-23(27)16(5)28-19-11-14(3)10-15(4)12-19/h8-13,16H,6-7H2,1-5H3,(H,24,26,27). The van der Waals surface area contributed by atoms with Crippen molar-refractivity contribution >= 4 is 11.7 Å². The molecule has 1 heterocycles. The zero-order valence-corrected chi connectivity index (χ0v) is 17.6. The molecule has 0 bridgehead atoms. The molecule has 0 aliphatic heterocycles. The Balaban J connectivity index is 1.80. The summed E-state index contributed by atoms with van der Waals surface area (Å²) in [7, 11) is 0. The highest BCUT2D eigenvalue weighted by Gasteiger charge is 2.22. The van der Waals surface area contributed by atoms with Gasteiger partial charge in [0, 0.05) is 5.56 Å². The highest BCUT2D eigenvalue weighted by molar-refractivity contribution is 5.96. The minimum atomic E-state index is -0.701. The number of nitrogens with one attached hydrogen (secondary N) is 1. The lowest BCUT2D eigenvalue weighted by atomic mass is 9.98. The normalized spacial score (nSPS) is 11.9. The van der Waals surface area contributed by atoms with Crippen LogP contribution in [-0.4, -0.2) is 22.3 Å². The maximum atomic E-state index is 12.7. The third-order valence-corrected chi connectivity index (χ3v) is 4.83. The van der Waals surface area contributed by atoms with E-state index >= 15 is 0 Å². The Labute approximate surface area is 171 Å². The number of carbonyl (C=O) groups excluding carboxylic acids is 1. The second kappa shape index (κ2) is 8.90. The lowest BCUT2D eigenvalue weighted by molar-refractivity contribution is -0.122. The molecule has 1 amide bonds. The number of aryl methyl sites for hydroxylation is 4. The second-order valence-electron chi connectivity index (χ2n) is 7.23. The van der Waals surface area contributed by atoms with E-state index in [2.05, 4.69) is 53.7 Å². The largest absolute Gasteiger partial charge is 0.481 e. The molecule has 1 aromatic heterocycles. The molecular weight excluding hydrogens is 366 g/mol. The van der Waals surface area contributed by atoms with Crippen LogP contribution in [0, 0.1) is 13.8 Å². The molecule has 3 rings (SSSR count). The molecule has 0 fully saturated rings. The Morgan fingerprint density at radius 3 is 2.45 bits per heavy atom. The van der Waals surface area contributed by atoms with Crippen molar-refractivity contribution in [1.82, 2.24) is 10.3 Å². The number of rotatable bonds is 7. The SMILES string of the molecule is CCc1ccc(CC)c(-c2nonc2NC(=O)C(C)Oc2cc(C)cc(C)c2)c1. The van der Waals surface area contributed by atoms with Crippen LogP contribution >= 0.6 is 0 Å². The molecule has 29 heavy (non-hydrogen) atoms. The van der Waals surface area contributed by atoms with Crippen molar-refractivity contribution in [1.29, 1.82) is 0 Å². The second-order valence-corrected chi connectivity index (χ2v) is 7.23. The van der Waals surface area contributed by atoms with Gasteiger partial charge in [-0.15, -0.1) is 0 Å². The third-order valence-electron chi connectivity index (χ3n) is 4.83. The van der Waals surface area contributed by atoms with Crippen molar-refractivity contribution in [3.63, 3.8) is 0 Å². The van der Waals surface area contributed by atoms with Crippen LogP contribution in [0.25, 0.3) is 11.3 Å². The van der Waals surface area contributed by atoms with Gasteiger partial charge < -0.3 is 10.1 Å². The van der Waals surface area contributed by atoms with E-state index in [-0.39, 0.29) is 5.91 Å². The molecule has 0 aliphatic carbocycles. The van der Waals surface area contributed by atoms with Gasteiger partial charge in [0.2, 0.25) is 5.82 Å². The Hall–Kier alpha value is -3.15. The summed E-state index contributed by atoms with van der Waals surface area (Å²) >= 11 is 0. The molecule has 0 aliphatic rings. The molecule has 1 N–H and O–H groups in total. The van der Waals surface area contributed by atoms with Crippen LogP contribution in [0.2, 0.25) is 0 Å². The highest BCUT2D eigenvalue weighted by Crippen LogP contribution is 2.29. The first-order valence-corrected chi connectivity index (χ1v) is 9.91. The molecule has 1 unspecified atom stereocenters. The smallest absolute Gasteiger partial charge is 0.266 e. The van der Waals surface area contributed by atoms with Crippen LogP contribution in [-0.2, 0) is 17.6 Å². The van der Waals surface area contributed by atoms with E-state index in [1.165, 1.54) is 5.56 Å². The van der Waals surface area contributed by atoms with Crippen LogP contribution in [0.1, 0.15) is 43.0 Å². The number of hydrogen-bond donors (Lipinski definition) is 1. The maximum Gasteiger partial charge on any atom is 0.266 e. The highest BCUT2D eigenvalue weighted by atomic mass is 16.6. The summed E-state index contributed by atoms with van der Waals surface area (Å²) in [5, 5.41) is 10.8. The first-order valence-electron chi connectivity index (χ1n) is 9.91. The average Bonchev–Trinajstić information content (AvgIpc) is 3.14. The van der Waals surface area contributed by atoms with Crippen LogP contribution in [0.3, 0.4) is 0 Å². The molecule has 152 valence electrons. The number of carbonyl (C=O) groups is 1. The predicted octanol–water partition coefficient (Wildman–Crippen LogP) is 4.88. The number of aromatic nitrogens is 2. The fraction of sp³-hybridized carbons (Fsp3) is 0.348. The van der Waals surface area contributed by atoms with Crippen LogP contribution in [0.15, 0.2) is 41.0 Å². The van der Waals surface area contributed by atoms with Gasteiger partial charge in [-0.2, -0.15) is 0 Å². The summed E-state index contributed by atoms with van der Waals surface area (Å²) < 4.78 is 10.8. The summed E-state index contributed by atoms with van der Waals surface area (Å²) in [6.45, 7) is 9.87. The minimum Gasteiger partial charge on any atom is -0.481 e. The van der Waals surface area contributed by atoms with Crippen LogP contribution < -0.4 is 10.1 Å². The molecule has 0 saturated heterocycles. The Bertz CT molecular complexity index is 990. The molecule has 6 heteroatoms. The van der Waals surface area contributed by atoms with Gasteiger partial charge in [-0.1, -0.05) is 32.0 Å². The zero-order valence-electron chi connectivity index (χ0n) is 17.6. The van der Waals surface area contributed by atoms with E-state index in [0.29, 0.717) is 17.3 Å². The van der Waals surface area contributed by atoms with Crippen molar-refractivity contribution in [2.75, 3.05) is 5.32 Å². The van der Waals surface area contributed by atoms with Gasteiger partial charge in [-0.3, -0.25) is 4.79 Å². The summed E-state index contributed by atoms with van der Waals surface area (Å²) in [6.07, 6.45) is 1.05. The lowest BCUT2D eigenvalue weighted by Gasteiger charge is -2.15. The average molecular weight is 393 g/mol. The number of nitrogens with zero attached hydrogens (tertiary/aromatic N) is 2. The fourth-order valence-electron chi connectivity index (χ4n) is 3.30. The molecule has 0 saturated carbocycles. The van der Waals surface area contributed by atoms with Crippen molar-refractivity contribution in [2.45, 2.75) is 53.6 Å². The van der Waals surface area contributed by atoms with E-state index in [1.54, 1.807) is 6.92 Å². The van der Waals surface area contributed by atoms with Gasteiger partial charge in [-0.25, -0.2) is 4.63 Å². The van der Waals surface area contributed by atoms with E-state index < -0.39 is 6.10 Å². The molecule has 0 radical (unpaired) electrons. The zero-order chi connectivity index (χ0) is 21.0. The number of anilines is 1. The molecule has 3 aromatic rings. The van der Waals surface area contributed by atoms with E-state index in [1.807, 2.05) is 26.0 Å². The number of amides is 1. The summed E-state index contributed by atoms with van der Waals surface area (Å²) in [5.41, 5.74) is 5.92. The van der Waals surface area contributed by atoms with Gasteiger partial charge in [0.15, 0.2) is 11.8 Å². The quantitative estimate of drug-likeness (QED) is 0.619. The third kappa shape index (κ3) is 4.83. The number of hydrogen-bond acceptors (Lipinski definition) is 5. The molecule has 0 spiro atoms. The van der Waals surface area contributed by atoms with E-state index in [0.717, 1.165) is 35.1 Å². The van der Waals surface area contributed by atoms with Crippen molar-refractivity contribution in [3.05, 3.63) is 58.7 Å². The topological polar surface area (TPSA) is 77.3 Å². The van der Waals surface area contributed by atoms with Gasteiger partial charge in [-0.05, 0) is 84.4 Å². The van der Waals surface area contributed by atoms with E-state index in [9.17, 15) is 4.79 Å². The van der Waals surface area contributed by atoms with Gasteiger partial charge in [0.1, 0.15) is 5.75 Å². The summed E-state index contributed by atoms with van der Waals surface area (Å²) in [5.74, 6) is 0.646. The lowest BCUT2D eigenvalue weighted by Crippen LogP contribution is -2.30. The van der Waals surface area contributed by atoms with Gasteiger partial charge in [0.05, 0.1) is 0 Å². The van der Waals surface area contributed by atoms with Gasteiger partial charge >= 0.3 is 0 Å². The maximum absolute atomic E-state index is 12.7. The first-order chi connectivity index (χ1) is 13.9. The van der Waals surface area contributed by atoms with Crippen molar-refractivity contribution in [2.24, 2.45) is 0 Å². The molecule has 2 aromatic carbocycles. The van der Waals surface area contributed by atoms with Crippen LogP contribution in [0.5, 0.6) is 5.75 Å². The van der Waals surface area contributed by atoms with Crippen LogP contribution in [0.4, 0.5) is 5.82 Å². The number of benzene rings is 2. The molecule has 6 nitrogen and oxygen atoms in total. The fourth-order valence-corrected chi connectivity index (χ4v) is 3.30. The van der Waals surface area contributed by atoms with Gasteiger partial charge in [0.25, 0.3) is 5.91 Å².